The average molecular weight is 212 g/mol. The van der Waals surface area contributed by atoms with Crippen molar-refractivity contribution in [3.63, 3.8) is 0 Å². The number of hydrogen-bond acceptors (Lipinski definition) is 2. The lowest BCUT2D eigenvalue weighted by Crippen LogP contribution is -2.49. The monoisotopic (exact) mass is 212 g/mol. The summed E-state index contributed by atoms with van der Waals surface area (Å²) < 4.78 is 0. The van der Waals surface area contributed by atoms with Gasteiger partial charge in [-0.1, -0.05) is 26.7 Å². The van der Waals surface area contributed by atoms with E-state index in [1.165, 1.54) is 38.6 Å². The van der Waals surface area contributed by atoms with Gasteiger partial charge in [-0.3, -0.25) is 0 Å². The highest BCUT2D eigenvalue weighted by atomic mass is 14.9. The van der Waals surface area contributed by atoms with E-state index in [2.05, 4.69) is 26.1 Å². The molecule has 1 saturated carbocycles. The summed E-state index contributed by atoms with van der Waals surface area (Å²) in [6.07, 6.45) is 7.84. The topological polar surface area (TPSA) is 38.0 Å². The van der Waals surface area contributed by atoms with Gasteiger partial charge in [0.2, 0.25) is 0 Å². The van der Waals surface area contributed by atoms with Crippen LogP contribution in [0.2, 0.25) is 0 Å². The molecule has 3 N–H and O–H groups in total. The van der Waals surface area contributed by atoms with Crippen molar-refractivity contribution in [2.24, 2.45) is 11.1 Å². The van der Waals surface area contributed by atoms with E-state index in [9.17, 15) is 0 Å². The second-order valence-corrected chi connectivity index (χ2v) is 5.71. The summed E-state index contributed by atoms with van der Waals surface area (Å²) in [5.74, 6) is 0. The Hall–Kier alpha value is -0.0800. The summed E-state index contributed by atoms with van der Waals surface area (Å²) in [6.45, 7) is 8.80. The van der Waals surface area contributed by atoms with E-state index >= 15 is 0 Å². The number of hydrogen-bond donors (Lipinski definition) is 2. The third-order valence-electron chi connectivity index (χ3n) is 4.01. The van der Waals surface area contributed by atoms with Gasteiger partial charge in [0.15, 0.2) is 0 Å². The molecule has 1 rings (SSSR count). The Morgan fingerprint density at radius 1 is 1.33 bits per heavy atom. The zero-order valence-electron chi connectivity index (χ0n) is 10.7. The van der Waals surface area contributed by atoms with E-state index < -0.39 is 0 Å². The highest BCUT2D eigenvalue weighted by molar-refractivity contribution is 4.90. The van der Waals surface area contributed by atoms with Gasteiger partial charge in [0, 0.05) is 18.6 Å². The smallest absolute Gasteiger partial charge is 0.0252 e. The molecule has 1 unspecified atom stereocenters. The Bertz CT molecular complexity index is 177. The van der Waals surface area contributed by atoms with E-state index in [-0.39, 0.29) is 5.54 Å². The van der Waals surface area contributed by atoms with Crippen LogP contribution in [0.1, 0.15) is 59.3 Å². The van der Waals surface area contributed by atoms with Gasteiger partial charge in [-0.2, -0.15) is 0 Å². The van der Waals surface area contributed by atoms with Crippen LogP contribution in [0.15, 0.2) is 0 Å². The van der Waals surface area contributed by atoms with E-state index in [0.29, 0.717) is 5.41 Å². The van der Waals surface area contributed by atoms with Gasteiger partial charge < -0.3 is 11.1 Å². The minimum absolute atomic E-state index is 0.0204. The molecule has 0 bridgehead atoms. The molecular formula is C13H28N2. The third-order valence-corrected chi connectivity index (χ3v) is 4.01. The van der Waals surface area contributed by atoms with Gasteiger partial charge in [-0.05, 0) is 38.0 Å². The van der Waals surface area contributed by atoms with Crippen LogP contribution in [-0.4, -0.2) is 18.6 Å². The lowest BCUT2D eigenvalue weighted by molar-refractivity contribution is 0.121. The molecular weight excluding hydrogens is 184 g/mol. The van der Waals surface area contributed by atoms with E-state index in [1.807, 2.05) is 0 Å². The number of rotatable bonds is 7. The van der Waals surface area contributed by atoms with E-state index in [1.54, 1.807) is 0 Å². The van der Waals surface area contributed by atoms with Crippen molar-refractivity contribution < 1.29 is 0 Å². The van der Waals surface area contributed by atoms with Crippen LogP contribution in [-0.2, 0) is 0 Å². The maximum Gasteiger partial charge on any atom is 0.0252 e. The maximum atomic E-state index is 6.20. The zero-order chi connectivity index (χ0) is 11.4. The summed E-state index contributed by atoms with van der Waals surface area (Å²) in [5.41, 5.74) is 6.79. The molecule has 0 amide bonds. The molecule has 1 atom stereocenters. The molecule has 0 saturated heterocycles. The van der Waals surface area contributed by atoms with Crippen molar-refractivity contribution >= 4 is 0 Å². The van der Waals surface area contributed by atoms with Crippen molar-refractivity contribution in [2.45, 2.75) is 64.8 Å². The molecule has 15 heavy (non-hydrogen) atoms. The second kappa shape index (κ2) is 5.31. The van der Waals surface area contributed by atoms with Gasteiger partial charge in [-0.25, -0.2) is 0 Å². The van der Waals surface area contributed by atoms with E-state index in [0.717, 1.165) is 13.0 Å². The second-order valence-electron chi connectivity index (χ2n) is 5.71. The predicted octanol–water partition coefficient (Wildman–Crippen LogP) is 2.67. The van der Waals surface area contributed by atoms with Crippen LogP contribution in [0.3, 0.4) is 0 Å². The highest BCUT2D eigenvalue weighted by Crippen LogP contribution is 2.43. The van der Waals surface area contributed by atoms with Crippen LogP contribution < -0.4 is 11.1 Å². The average Bonchev–Trinajstić information content (AvgIpc) is 2.09. The first-order valence-corrected chi connectivity index (χ1v) is 6.53. The Morgan fingerprint density at radius 3 is 2.40 bits per heavy atom. The van der Waals surface area contributed by atoms with Crippen molar-refractivity contribution in [3.05, 3.63) is 0 Å². The molecule has 1 aliphatic carbocycles. The van der Waals surface area contributed by atoms with Crippen LogP contribution in [0.25, 0.3) is 0 Å². The normalized spacial score (nSPS) is 23.2. The molecule has 1 aliphatic rings. The van der Waals surface area contributed by atoms with Crippen LogP contribution in [0, 0.1) is 5.41 Å². The van der Waals surface area contributed by atoms with Crippen LogP contribution in [0.5, 0.6) is 0 Å². The molecule has 2 heteroatoms. The number of nitrogens with two attached hydrogens (primary N) is 1. The molecule has 0 radical (unpaired) electrons. The lowest BCUT2D eigenvalue weighted by Gasteiger charge is -2.42. The minimum atomic E-state index is -0.0204. The summed E-state index contributed by atoms with van der Waals surface area (Å²) in [6, 6.07) is 0. The predicted molar refractivity (Wildman–Crippen MR) is 66.9 cm³/mol. The highest BCUT2D eigenvalue weighted by Gasteiger charge is 2.34. The molecule has 0 aromatic carbocycles. The molecule has 0 heterocycles. The fraction of sp³-hybridized carbons (Fsp3) is 1.00. The first kappa shape index (κ1) is 13.0. The standard InChI is InChI=1S/C13H28N2/c1-4-7-12(3,14)10-15-11-13(5-2)8-6-9-13/h15H,4-11,14H2,1-3H3. The molecule has 1 fully saturated rings. The van der Waals surface area contributed by atoms with Gasteiger partial charge in [-0.15, -0.1) is 0 Å². The van der Waals surface area contributed by atoms with Gasteiger partial charge >= 0.3 is 0 Å². The lowest BCUT2D eigenvalue weighted by atomic mass is 9.67. The minimum Gasteiger partial charge on any atom is -0.324 e. The molecule has 0 spiro atoms. The van der Waals surface area contributed by atoms with Crippen molar-refractivity contribution in [1.29, 1.82) is 0 Å². The Balaban J connectivity index is 2.20. The van der Waals surface area contributed by atoms with Crippen LogP contribution >= 0.6 is 0 Å². The molecule has 0 aromatic rings. The number of nitrogens with one attached hydrogen (secondary N) is 1. The molecule has 90 valence electrons. The first-order valence-electron chi connectivity index (χ1n) is 6.53. The van der Waals surface area contributed by atoms with Crippen molar-refractivity contribution in [3.8, 4) is 0 Å². The Labute approximate surface area is 95.0 Å². The maximum absolute atomic E-state index is 6.20. The van der Waals surface area contributed by atoms with Gasteiger partial charge in [0.05, 0.1) is 0 Å². The summed E-state index contributed by atoms with van der Waals surface area (Å²) in [4.78, 5) is 0. The summed E-state index contributed by atoms with van der Waals surface area (Å²) in [5, 5.41) is 3.58. The van der Waals surface area contributed by atoms with Crippen molar-refractivity contribution in [1.82, 2.24) is 5.32 Å². The largest absolute Gasteiger partial charge is 0.324 e. The molecule has 2 nitrogen and oxygen atoms in total. The SMILES string of the molecule is CCCC(C)(N)CNCC1(CC)CCC1. The molecule has 0 aromatic heterocycles. The Morgan fingerprint density at radius 2 is 2.00 bits per heavy atom. The first-order chi connectivity index (χ1) is 7.04. The van der Waals surface area contributed by atoms with Crippen molar-refractivity contribution in [2.75, 3.05) is 13.1 Å². The Kier molecular flexibility index (Phi) is 4.60. The third kappa shape index (κ3) is 3.76. The summed E-state index contributed by atoms with van der Waals surface area (Å²) >= 11 is 0. The molecule has 0 aliphatic heterocycles. The fourth-order valence-corrected chi connectivity index (χ4v) is 2.60. The fourth-order valence-electron chi connectivity index (χ4n) is 2.60. The summed E-state index contributed by atoms with van der Waals surface area (Å²) in [7, 11) is 0. The van der Waals surface area contributed by atoms with Crippen LogP contribution in [0.4, 0.5) is 0 Å². The van der Waals surface area contributed by atoms with Gasteiger partial charge in [0.1, 0.15) is 0 Å². The van der Waals surface area contributed by atoms with Gasteiger partial charge in [0.25, 0.3) is 0 Å². The van der Waals surface area contributed by atoms with E-state index in [4.69, 9.17) is 5.73 Å². The quantitative estimate of drug-likeness (QED) is 0.681. The zero-order valence-corrected chi connectivity index (χ0v) is 10.7.